The molecule has 1 aliphatic carbocycles. The van der Waals surface area contributed by atoms with Crippen LogP contribution in [0.25, 0.3) is 0 Å². The summed E-state index contributed by atoms with van der Waals surface area (Å²) in [5.74, 6) is 1.03. The maximum Gasteiger partial charge on any atom is 0.223 e. The predicted molar refractivity (Wildman–Crippen MR) is 91.0 cm³/mol. The largest absolute Gasteiger partial charge is 0.385 e. The number of nitrogens with one attached hydrogen (secondary N) is 1. The van der Waals surface area contributed by atoms with Crippen LogP contribution in [0.1, 0.15) is 37.3 Å². The van der Waals surface area contributed by atoms with Crippen LogP contribution in [-0.2, 0) is 10.4 Å². The second-order valence-electron chi connectivity index (χ2n) is 7.35. The molecule has 2 aliphatic rings. The Labute approximate surface area is 138 Å². The maximum absolute atomic E-state index is 11.8. The molecular weight excluding hydrogens is 288 g/mol. The molecule has 126 valence electrons. The van der Waals surface area contributed by atoms with E-state index in [0.29, 0.717) is 12.5 Å². The van der Waals surface area contributed by atoms with Crippen molar-refractivity contribution in [2.75, 3.05) is 26.2 Å². The highest BCUT2D eigenvalue weighted by molar-refractivity contribution is 5.81. The molecule has 4 nitrogen and oxygen atoms in total. The molecule has 1 saturated carbocycles. The zero-order chi connectivity index (χ0) is 16.4. The van der Waals surface area contributed by atoms with Gasteiger partial charge in [0.05, 0.1) is 5.60 Å². The van der Waals surface area contributed by atoms with Gasteiger partial charge in [-0.2, -0.15) is 0 Å². The average molecular weight is 316 g/mol. The number of carbonyl (C=O) groups is 1. The lowest BCUT2D eigenvalue weighted by molar-refractivity contribution is -0.122. The summed E-state index contributed by atoms with van der Waals surface area (Å²) in [7, 11) is 0. The minimum Gasteiger partial charge on any atom is -0.385 e. The van der Waals surface area contributed by atoms with E-state index in [0.717, 1.165) is 44.5 Å². The first-order valence-electron chi connectivity index (χ1n) is 8.77. The number of hydrogen-bond donors (Lipinski definition) is 2. The topological polar surface area (TPSA) is 52.6 Å². The Bertz CT molecular complexity index is 547. The zero-order valence-electron chi connectivity index (χ0n) is 14.2. The molecule has 0 unspecified atom stereocenters. The summed E-state index contributed by atoms with van der Waals surface area (Å²) in [5.41, 5.74) is 1.55. The molecule has 1 aromatic rings. The summed E-state index contributed by atoms with van der Waals surface area (Å²) in [6.07, 6.45) is 2.55. The molecule has 2 fully saturated rings. The molecule has 1 saturated heterocycles. The fraction of sp³-hybridized carbons (Fsp3) is 0.632. The monoisotopic (exact) mass is 316 g/mol. The molecule has 0 bridgehead atoms. The van der Waals surface area contributed by atoms with Crippen molar-refractivity contribution in [3.05, 3.63) is 35.4 Å². The van der Waals surface area contributed by atoms with Gasteiger partial charge in [-0.15, -0.1) is 0 Å². The number of aryl methyl sites for hydroxylation is 1. The Morgan fingerprint density at radius 2 is 1.91 bits per heavy atom. The molecule has 4 heteroatoms. The van der Waals surface area contributed by atoms with Crippen molar-refractivity contribution in [2.45, 2.75) is 38.7 Å². The number of amides is 1. The molecule has 1 aromatic carbocycles. The highest BCUT2D eigenvalue weighted by Crippen LogP contribution is 2.37. The SMILES string of the molecule is Cc1ccc(C2(O)CCN(CCNC(=O)[C@H]3C[C@@H]3C)CC2)cc1. The van der Waals surface area contributed by atoms with Crippen molar-refractivity contribution in [1.29, 1.82) is 0 Å². The minimum atomic E-state index is -0.698. The van der Waals surface area contributed by atoms with Gasteiger partial charge >= 0.3 is 0 Å². The summed E-state index contributed by atoms with van der Waals surface area (Å²) in [5, 5.41) is 13.9. The van der Waals surface area contributed by atoms with Gasteiger partial charge in [0.25, 0.3) is 0 Å². The van der Waals surface area contributed by atoms with Gasteiger partial charge in [0.2, 0.25) is 5.91 Å². The van der Waals surface area contributed by atoms with E-state index in [-0.39, 0.29) is 11.8 Å². The van der Waals surface area contributed by atoms with Crippen LogP contribution in [0.4, 0.5) is 0 Å². The van der Waals surface area contributed by atoms with Gasteiger partial charge in [0.15, 0.2) is 0 Å². The van der Waals surface area contributed by atoms with E-state index in [9.17, 15) is 9.90 Å². The van der Waals surface area contributed by atoms with Crippen molar-refractivity contribution in [2.24, 2.45) is 11.8 Å². The fourth-order valence-electron chi connectivity index (χ4n) is 3.45. The Balaban J connectivity index is 1.43. The first kappa shape index (κ1) is 16.5. The molecule has 1 heterocycles. The van der Waals surface area contributed by atoms with Crippen LogP contribution in [0, 0.1) is 18.8 Å². The van der Waals surface area contributed by atoms with Gasteiger partial charge in [-0.05, 0) is 37.7 Å². The number of hydrogen-bond acceptors (Lipinski definition) is 3. The quantitative estimate of drug-likeness (QED) is 0.874. The maximum atomic E-state index is 11.8. The van der Waals surface area contributed by atoms with Crippen molar-refractivity contribution in [3.8, 4) is 0 Å². The van der Waals surface area contributed by atoms with Gasteiger partial charge in [-0.1, -0.05) is 36.8 Å². The third-order valence-electron chi connectivity index (χ3n) is 5.45. The number of rotatable bonds is 5. The van der Waals surface area contributed by atoms with Crippen LogP contribution < -0.4 is 5.32 Å². The Kier molecular flexibility index (Phi) is 4.74. The van der Waals surface area contributed by atoms with Crippen molar-refractivity contribution in [1.82, 2.24) is 10.2 Å². The molecule has 1 aliphatic heterocycles. The van der Waals surface area contributed by atoms with Crippen LogP contribution in [0.5, 0.6) is 0 Å². The number of aliphatic hydroxyl groups is 1. The second-order valence-corrected chi connectivity index (χ2v) is 7.35. The summed E-state index contributed by atoms with van der Waals surface area (Å²) < 4.78 is 0. The fourth-order valence-corrected chi connectivity index (χ4v) is 3.45. The Hall–Kier alpha value is -1.39. The second kappa shape index (κ2) is 6.62. The van der Waals surface area contributed by atoms with Crippen LogP contribution >= 0.6 is 0 Å². The molecule has 0 spiro atoms. The first-order valence-corrected chi connectivity index (χ1v) is 8.77. The molecule has 23 heavy (non-hydrogen) atoms. The van der Waals surface area contributed by atoms with E-state index in [1.165, 1.54) is 5.56 Å². The van der Waals surface area contributed by atoms with E-state index in [4.69, 9.17) is 0 Å². The van der Waals surface area contributed by atoms with Crippen molar-refractivity contribution >= 4 is 5.91 Å². The highest BCUT2D eigenvalue weighted by Gasteiger charge is 2.39. The summed E-state index contributed by atoms with van der Waals surface area (Å²) >= 11 is 0. The third-order valence-corrected chi connectivity index (χ3v) is 5.45. The normalized spacial score (nSPS) is 26.7. The highest BCUT2D eigenvalue weighted by atomic mass is 16.3. The molecule has 3 rings (SSSR count). The molecule has 0 radical (unpaired) electrons. The summed E-state index contributed by atoms with van der Waals surface area (Å²) in [6, 6.07) is 8.21. The molecule has 2 atom stereocenters. The van der Waals surface area contributed by atoms with Crippen LogP contribution in [0.3, 0.4) is 0 Å². The first-order chi connectivity index (χ1) is 11.0. The lowest BCUT2D eigenvalue weighted by atomic mass is 9.84. The van der Waals surface area contributed by atoms with Crippen LogP contribution in [0.2, 0.25) is 0 Å². The Morgan fingerprint density at radius 1 is 1.30 bits per heavy atom. The standard InChI is InChI=1S/C19H28N2O2/c1-14-3-5-16(6-4-14)19(23)7-10-21(11-8-19)12-9-20-18(22)17-13-15(17)2/h3-6,15,17,23H,7-13H2,1-2H3,(H,20,22)/t15-,17-/m0/s1. The summed E-state index contributed by atoms with van der Waals surface area (Å²) in [6.45, 7) is 7.52. The molecule has 0 aromatic heterocycles. The van der Waals surface area contributed by atoms with E-state index < -0.39 is 5.60 Å². The predicted octanol–water partition coefficient (Wildman–Crippen LogP) is 2.05. The number of carbonyl (C=O) groups excluding carboxylic acids is 1. The van der Waals surface area contributed by atoms with E-state index in [2.05, 4.69) is 36.2 Å². The molecule has 1 amide bonds. The van der Waals surface area contributed by atoms with Crippen molar-refractivity contribution < 1.29 is 9.90 Å². The van der Waals surface area contributed by atoms with Gasteiger partial charge in [0.1, 0.15) is 0 Å². The summed E-state index contributed by atoms with van der Waals surface area (Å²) in [4.78, 5) is 14.1. The van der Waals surface area contributed by atoms with Gasteiger partial charge in [-0.25, -0.2) is 0 Å². The van der Waals surface area contributed by atoms with Gasteiger partial charge in [0, 0.05) is 32.1 Å². The van der Waals surface area contributed by atoms with E-state index >= 15 is 0 Å². The Morgan fingerprint density at radius 3 is 2.48 bits per heavy atom. The third kappa shape index (κ3) is 3.93. The van der Waals surface area contributed by atoms with Gasteiger partial charge < -0.3 is 15.3 Å². The number of nitrogens with zero attached hydrogens (tertiary/aromatic N) is 1. The smallest absolute Gasteiger partial charge is 0.223 e. The van der Waals surface area contributed by atoms with Crippen LogP contribution in [-0.4, -0.2) is 42.1 Å². The number of likely N-dealkylation sites (tertiary alicyclic amines) is 1. The zero-order valence-corrected chi connectivity index (χ0v) is 14.2. The lowest BCUT2D eigenvalue weighted by Gasteiger charge is -2.38. The van der Waals surface area contributed by atoms with E-state index in [1.807, 2.05) is 12.1 Å². The minimum absolute atomic E-state index is 0.214. The molecular formula is C19H28N2O2. The number of benzene rings is 1. The van der Waals surface area contributed by atoms with Gasteiger partial charge in [-0.3, -0.25) is 4.79 Å². The van der Waals surface area contributed by atoms with E-state index in [1.54, 1.807) is 0 Å². The number of piperidine rings is 1. The molecule has 2 N–H and O–H groups in total. The lowest BCUT2D eigenvalue weighted by Crippen LogP contribution is -2.45. The van der Waals surface area contributed by atoms with Crippen LogP contribution in [0.15, 0.2) is 24.3 Å². The van der Waals surface area contributed by atoms with Crippen molar-refractivity contribution in [3.63, 3.8) is 0 Å². The average Bonchev–Trinajstić information content (AvgIpc) is 3.27.